The highest BCUT2D eigenvalue weighted by Gasteiger charge is 1.94. The predicted molar refractivity (Wildman–Crippen MR) is 43.3 cm³/mol. The second kappa shape index (κ2) is 5.92. The summed E-state index contributed by atoms with van der Waals surface area (Å²) in [4.78, 5) is 6.42. The quantitative estimate of drug-likeness (QED) is 0.616. The third-order valence-electron chi connectivity index (χ3n) is 1.48. The van der Waals surface area contributed by atoms with Gasteiger partial charge < -0.3 is 9.72 Å². The van der Waals surface area contributed by atoms with Crippen LogP contribution in [0.2, 0.25) is 0 Å². The van der Waals surface area contributed by atoms with Crippen LogP contribution in [0.1, 0.15) is 19.3 Å². The third-order valence-corrected chi connectivity index (χ3v) is 1.48. The van der Waals surface area contributed by atoms with Gasteiger partial charge in [0, 0.05) is 25.6 Å². The zero-order valence-corrected chi connectivity index (χ0v) is 6.62. The Morgan fingerprint density at radius 3 is 2.18 bits per heavy atom. The first-order valence-electron chi connectivity index (χ1n) is 4.00. The largest absolute Gasteiger partial charge is 0.381 e. The third kappa shape index (κ3) is 4.56. The predicted octanol–water partition coefficient (Wildman–Crippen LogP) is 1.60. The van der Waals surface area contributed by atoms with Crippen molar-refractivity contribution >= 4 is 0 Å². The molecule has 0 bridgehead atoms. The first kappa shape index (κ1) is 8.27. The van der Waals surface area contributed by atoms with Crippen LogP contribution >= 0.6 is 0 Å². The average Bonchev–Trinajstić information content (AvgIpc) is 2.64. The van der Waals surface area contributed by atoms with Crippen LogP contribution in [-0.4, -0.2) is 23.2 Å². The van der Waals surface area contributed by atoms with Gasteiger partial charge in [-0.05, 0) is 19.3 Å². The lowest BCUT2D eigenvalue weighted by molar-refractivity contribution is 0.0968. The fraction of sp³-hybridized carbons (Fsp3) is 0.625. The Balaban J connectivity index is 0.000000112. The molecule has 1 aliphatic heterocycles. The minimum Gasteiger partial charge on any atom is -0.381 e. The molecular formula is C8H14N2O. The first-order chi connectivity index (χ1) is 5.50. The summed E-state index contributed by atoms with van der Waals surface area (Å²) in [5.41, 5.74) is 0. The van der Waals surface area contributed by atoms with E-state index in [9.17, 15) is 0 Å². The number of nitrogens with one attached hydrogen (secondary N) is 1. The van der Waals surface area contributed by atoms with Gasteiger partial charge >= 0.3 is 0 Å². The van der Waals surface area contributed by atoms with Gasteiger partial charge in [0.1, 0.15) is 0 Å². The van der Waals surface area contributed by atoms with Crippen molar-refractivity contribution in [1.29, 1.82) is 0 Å². The second-order valence-corrected chi connectivity index (χ2v) is 2.43. The van der Waals surface area contributed by atoms with E-state index >= 15 is 0 Å². The summed E-state index contributed by atoms with van der Waals surface area (Å²) in [6.07, 6.45) is 9.01. The molecule has 1 saturated heterocycles. The van der Waals surface area contributed by atoms with Crippen LogP contribution < -0.4 is 0 Å². The van der Waals surface area contributed by atoms with Crippen LogP contribution in [0.15, 0.2) is 18.7 Å². The number of imidazole rings is 1. The van der Waals surface area contributed by atoms with E-state index < -0.39 is 0 Å². The zero-order valence-electron chi connectivity index (χ0n) is 6.62. The Hall–Kier alpha value is -0.830. The highest BCUT2D eigenvalue weighted by atomic mass is 16.5. The summed E-state index contributed by atoms with van der Waals surface area (Å²) in [6.45, 7) is 2.00. The molecule has 1 aromatic rings. The van der Waals surface area contributed by atoms with Gasteiger partial charge in [-0.2, -0.15) is 0 Å². The molecule has 0 saturated carbocycles. The molecule has 0 atom stereocenters. The summed E-state index contributed by atoms with van der Waals surface area (Å²) in [5.74, 6) is 0. The van der Waals surface area contributed by atoms with E-state index in [-0.39, 0.29) is 0 Å². The van der Waals surface area contributed by atoms with Gasteiger partial charge in [-0.3, -0.25) is 0 Å². The van der Waals surface area contributed by atoms with Gasteiger partial charge in [-0.15, -0.1) is 0 Å². The summed E-state index contributed by atoms with van der Waals surface area (Å²) < 4.78 is 5.07. The SMILES string of the molecule is C1CCOCC1.c1c[nH]cn1. The minimum atomic E-state index is 1.00. The van der Waals surface area contributed by atoms with Crippen LogP contribution in [-0.2, 0) is 4.74 Å². The van der Waals surface area contributed by atoms with Crippen molar-refractivity contribution in [1.82, 2.24) is 9.97 Å². The van der Waals surface area contributed by atoms with Crippen molar-refractivity contribution < 1.29 is 4.74 Å². The van der Waals surface area contributed by atoms with E-state index in [2.05, 4.69) is 9.97 Å². The molecule has 2 rings (SSSR count). The number of nitrogens with zero attached hydrogens (tertiary/aromatic N) is 1. The van der Waals surface area contributed by atoms with Gasteiger partial charge in [0.15, 0.2) is 0 Å². The van der Waals surface area contributed by atoms with E-state index in [1.54, 1.807) is 18.7 Å². The lowest BCUT2D eigenvalue weighted by atomic mass is 10.2. The Morgan fingerprint density at radius 2 is 2.00 bits per heavy atom. The van der Waals surface area contributed by atoms with Crippen LogP contribution in [0.3, 0.4) is 0 Å². The number of rotatable bonds is 0. The molecule has 1 aromatic heterocycles. The summed E-state index contributed by atoms with van der Waals surface area (Å²) >= 11 is 0. The Kier molecular flexibility index (Phi) is 4.45. The van der Waals surface area contributed by atoms with Crippen molar-refractivity contribution in [2.75, 3.05) is 13.2 Å². The number of hydrogen-bond acceptors (Lipinski definition) is 2. The van der Waals surface area contributed by atoms with E-state index in [1.165, 1.54) is 19.3 Å². The van der Waals surface area contributed by atoms with Gasteiger partial charge in [0.25, 0.3) is 0 Å². The number of ether oxygens (including phenoxy) is 1. The fourth-order valence-corrected chi connectivity index (χ4v) is 0.902. The second-order valence-electron chi connectivity index (χ2n) is 2.43. The lowest BCUT2D eigenvalue weighted by Gasteiger charge is -2.08. The van der Waals surface area contributed by atoms with E-state index in [4.69, 9.17) is 4.74 Å². The number of H-pyrrole nitrogens is 1. The highest BCUT2D eigenvalue weighted by Crippen LogP contribution is 2.02. The molecule has 0 unspecified atom stereocenters. The summed E-state index contributed by atoms with van der Waals surface area (Å²) in [7, 11) is 0. The molecular weight excluding hydrogens is 140 g/mol. The Bertz CT molecular complexity index is 118. The summed E-state index contributed by atoms with van der Waals surface area (Å²) in [6, 6.07) is 0. The smallest absolute Gasteiger partial charge is 0.0919 e. The van der Waals surface area contributed by atoms with Crippen LogP contribution in [0.25, 0.3) is 0 Å². The topological polar surface area (TPSA) is 37.9 Å². The van der Waals surface area contributed by atoms with Gasteiger partial charge in [0.05, 0.1) is 6.33 Å². The van der Waals surface area contributed by atoms with Gasteiger partial charge in [-0.25, -0.2) is 4.98 Å². The van der Waals surface area contributed by atoms with Crippen molar-refractivity contribution in [2.24, 2.45) is 0 Å². The molecule has 0 spiro atoms. The lowest BCUT2D eigenvalue weighted by Crippen LogP contribution is -2.03. The van der Waals surface area contributed by atoms with E-state index in [0.29, 0.717) is 0 Å². The highest BCUT2D eigenvalue weighted by molar-refractivity contribution is 4.64. The minimum absolute atomic E-state index is 1.00. The van der Waals surface area contributed by atoms with Crippen LogP contribution in [0.4, 0.5) is 0 Å². The molecule has 0 amide bonds. The molecule has 3 heteroatoms. The Morgan fingerprint density at radius 1 is 1.18 bits per heavy atom. The molecule has 0 aromatic carbocycles. The maximum absolute atomic E-state index is 5.07. The van der Waals surface area contributed by atoms with Gasteiger partial charge in [-0.1, -0.05) is 0 Å². The molecule has 0 aliphatic carbocycles. The standard InChI is InChI=1S/C5H10O.C3H4N2/c1-2-4-6-5-3-1;1-2-5-3-4-1/h1-5H2;1-3H,(H,4,5). The van der Waals surface area contributed by atoms with E-state index in [0.717, 1.165) is 13.2 Å². The molecule has 1 aliphatic rings. The maximum Gasteiger partial charge on any atom is 0.0919 e. The summed E-state index contributed by atoms with van der Waals surface area (Å²) in [5, 5.41) is 0. The van der Waals surface area contributed by atoms with Crippen molar-refractivity contribution in [3.8, 4) is 0 Å². The van der Waals surface area contributed by atoms with Crippen molar-refractivity contribution in [2.45, 2.75) is 19.3 Å². The fourth-order valence-electron chi connectivity index (χ4n) is 0.902. The molecule has 3 nitrogen and oxygen atoms in total. The number of aromatic nitrogens is 2. The molecule has 1 fully saturated rings. The first-order valence-corrected chi connectivity index (χ1v) is 4.00. The van der Waals surface area contributed by atoms with Gasteiger partial charge in [0.2, 0.25) is 0 Å². The van der Waals surface area contributed by atoms with Crippen molar-refractivity contribution in [3.05, 3.63) is 18.7 Å². The normalized spacial score (nSPS) is 16.7. The average molecular weight is 154 g/mol. The molecule has 11 heavy (non-hydrogen) atoms. The maximum atomic E-state index is 5.07. The zero-order chi connectivity index (χ0) is 7.78. The monoisotopic (exact) mass is 154 g/mol. The van der Waals surface area contributed by atoms with Crippen LogP contribution in [0, 0.1) is 0 Å². The molecule has 62 valence electrons. The van der Waals surface area contributed by atoms with Crippen LogP contribution in [0.5, 0.6) is 0 Å². The molecule has 0 radical (unpaired) electrons. The Labute approximate surface area is 66.8 Å². The number of aromatic amines is 1. The molecule has 1 N–H and O–H groups in total. The van der Waals surface area contributed by atoms with Crippen molar-refractivity contribution in [3.63, 3.8) is 0 Å². The number of hydrogen-bond donors (Lipinski definition) is 1. The van der Waals surface area contributed by atoms with E-state index in [1.807, 2.05) is 0 Å². The molecule has 2 heterocycles.